The van der Waals surface area contributed by atoms with Gasteiger partial charge in [-0.1, -0.05) is 24.3 Å². The summed E-state index contributed by atoms with van der Waals surface area (Å²) in [5.41, 5.74) is 1.99. The molecule has 0 saturated heterocycles. The molecule has 0 radical (unpaired) electrons. The number of aromatic hydroxyl groups is 1. The van der Waals surface area contributed by atoms with Crippen LogP contribution in [0.3, 0.4) is 0 Å². The lowest BCUT2D eigenvalue weighted by Crippen LogP contribution is -2.15. The van der Waals surface area contributed by atoms with Crippen LogP contribution in [0, 0.1) is 0 Å². The Bertz CT molecular complexity index is 1080. The first-order chi connectivity index (χ1) is 14.0. The van der Waals surface area contributed by atoms with E-state index in [4.69, 9.17) is 9.47 Å². The fourth-order valence-corrected chi connectivity index (χ4v) is 3.36. The van der Waals surface area contributed by atoms with Crippen molar-refractivity contribution in [2.75, 3.05) is 14.2 Å². The maximum absolute atomic E-state index is 12.6. The number of ether oxygens (including phenoxy) is 2. The topological polar surface area (TPSA) is 90.6 Å². The molecule has 7 nitrogen and oxygen atoms in total. The summed E-state index contributed by atoms with van der Waals surface area (Å²) < 4.78 is 11.2. The highest BCUT2D eigenvalue weighted by molar-refractivity contribution is 6.07. The molecule has 1 aliphatic rings. The number of para-hydroxylation sites is 1. The van der Waals surface area contributed by atoms with E-state index >= 15 is 0 Å². The van der Waals surface area contributed by atoms with E-state index in [1.54, 1.807) is 36.4 Å². The Labute approximate surface area is 167 Å². The summed E-state index contributed by atoms with van der Waals surface area (Å²) in [6.45, 7) is 0. The molecular formula is C22H20N2O5. The smallest absolute Gasteiger partial charge is 0.357 e. The second-order valence-corrected chi connectivity index (χ2v) is 6.85. The summed E-state index contributed by atoms with van der Waals surface area (Å²) >= 11 is 0. The third-order valence-electron chi connectivity index (χ3n) is 4.98. The lowest BCUT2D eigenvalue weighted by atomic mass is 10.0. The SMILES string of the molecule is COC(=O)c1c(-c2ccc(C3CC3)cc2O)nn(-c2ccccc2)c1C(=O)OC. The zero-order chi connectivity index (χ0) is 20.5. The first-order valence-electron chi connectivity index (χ1n) is 9.23. The van der Waals surface area contributed by atoms with Gasteiger partial charge in [0, 0.05) is 5.56 Å². The maximum Gasteiger partial charge on any atom is 0.357 e. The number of hydrogen-bond donors (Lipinski definition) is 1. The van der Waals surface area contributed by atoms with E-state index in [1.165, 1.54) is 18.9 Å². The third-order valence-corrected chi connectivity index (χ3v) is 4.98. The first-order valence-corrected chi connectivity index (χ1v) is 9.23. The number of hydrogen-bond acceptors (Lipinski definition) is 6. The van der Waals surface area contributed by atoms with Crippen LogP contribution in [0.1, 0.15) is 45.2 Å². The molecule has 4 rings (SSSR count). The number of methoxy groups -OCH3 is 2. The molecule has 3 aromatic rings. The van der Waals surface area contributed by atoms with Gasteiger partial charge in [0.15, 0.2) is 5.69 Å². The molecule has 1 aromatic heterocycles. The van der Waals surface area contributed by atoms with Crippen molar-refractivity contribution in [3.63, 3.8) is 0 Å². The van der Waals surface area contributed by atoms with Gasteiger partial charge in [-0.05, 0) is 48.6 Å². The van der Waals surface area contributed by atoms with Crippen molar-refractivity contribution in [1.29, 1.82) is 0 Å². The Hall–Kier alpha value is -3.61. The van der Waals surface area contributed by atoms with Crippen LogP contribution in [0.4, 0.5) is 0 Å². The number of benzene rings is 2. The average molecular weight is 392 g/mol. The van der Waals surface area contributed by atoms with Gasteiger partial charge in [0.05, 0.1) is 19.9 Å². The van der Waals surface area contributed by atoms with Crippen LogP contribution in [-0.2, 0) is 9.47 Å². The first kappa shape index (κ1) is 18.7. The number of aromatic nitrogens is 2. The Morgan fingerprint density at radius 2 is 1.72 bits per heavy atom. The highest BCUT2D eigenvalue weighted by Gasteiger charge is 2.32. The fraction of sp³-hybridized carbons (Fsp3) is 0.227. The quantitative estimate of drug-likeness (QED) is 0.666. The molecule has 2 aromatic carbocycles. The molecule has 0 bridgehead atoms. The van der Waals surface area contributed by atoms with Crippen molar-refractivity contribution >= 4 is 11.9 Å². The number of phenols is 1. The molecule has 1 heterocycles. The standard InChI is InChI=1S/C22H20N2O5/c1-28-21(26)18-19(16-11-10-14(12-17(16)25)13-8-9-13)23-24(20(18)22(27)29-2)15-6-4-3-5-7-15/h3-7,10-13,25H,8-9H2,1-2H3. The van der Waals surface area contributed by atoms with Gasteiger partial charge < -0.3 is 14.6 Å². The van der Waals surface area contributed by atoms with Gasteiger partial charge in [0.2, 0.25) is 0 Å². The van der Waals surface area contributed by atoms with E-state index in [9.17, 15) is 14.7 Å². The summed E-state index contributed by atoms with van der Waals surface area (Å²) in [5.74, 6) is -1.02. The lowest BCUT2D eigenvalue weighted by molar-refractivity contribution is 0.0549. The number of rotatable bonds is 5. The number of nitrogens with zero attached hydrogens (tertiary/aromatic N) is 2. The molecule has 29 heavy (non-hydrogen) atoms. The van der Waals surface area contributed by atoms with E-state index in [0.29, 0.717) is 17.2 Å². The van der Waals surface area contributed by atoms with Gasteiger partial charge in [0.1, 0.15) is 17.0 Å². The zero-order valence-corrected chi connectivity index (χ0v) is 16.1. The Kier molecular flexibility index (Phi) is 4.80. The highest BCUT2D eigenvalue weighted by atomic mass is 16.5. The zero-order valence-electron chi connectivity index (χ0n) is 16.1. The second kappa shape index (κ2) is 7.43. The van der Waals surface area contributed by atoms with Crippen LogP contribution in [0.2, 0.25) is 0 Å². The predicted molar refractivity (Wildman–Crippen MR) is 105 cm³/mol. The molecule has 148 valence electrons. The van der Waals surface area contributed by atoms with Crippen molar-refractivity contribution in [2.24, 2.45) is 0 Å². The Morgan fingerprint density at radius 1 is 1.03 bits per heavy atom. The summed E-state index contributed by atoms with van der Waals surface area (Å²) in [5, 5.41) is 15.1. The lowest BCUT2D eigenvalue weighted by Gasteiger charge is -2.07. The van der Waals surface area contributed by atoms with Crippen molar-refractivity contribution in [3.05, 3.63) is 65.4 Å². The van der Waals surface area contributed by atoms with Gasteiger partial charge in [0.25, 0.3) is 0 Å². The molecule has 1 aliphatic carbocycles. The van der Waals surface area contributed by atoms with Crippen LogP contribution in [-0.4, -0.2) is 41.0 Å². The molecule has 7 heteroatoms. The van der Waals surface area contributed by atoms with Crippen molar-refractivity contribution in [1.82, 2.24) is 9.78 Å². The Morgan fingerprint density at radius 3 is 2.31 bits per heavy atom. The minimum absolute atomic E-state index is 0.00585. The molecule has 1 fully saturated rings. The molecule has 0 aliphatic heterocycles. The van der Waals surface area contributed by atoms with Gasteiger partial charge >= 0.3 is 11.9 Å². The predicted octanol–water partition coefficient (Wildman–Crippen LogP) is 3.70. The number of esters is 2. The minimum atomic E-state index is -0.742. The maximum atomic E-state index is 12.6. The van der Waals surface area contributed by atoms with Crippen LogP contribution in [0.15, 0.2) is 48.5 Å². The number of phenolic OH excluding ortho intramolecular Hbond substituents is 1. The summed E-state index contributed by atoms with van der Waals surface area (Å²) in [6.07, 6.45) is 2.20. The van der Waals surface area contributed by atoms with E-state index in [1.807, 2.05) is 12.1 Å². The van der Waals surface area contributed by atoms with Crippen LogP contribution < -0.4 is 0 Å². The van der Waals surface area contributed by atoms with Crippen LogP contribution in [0.5, 0.6) is 5.75 Å². The molecule has 1 saturated carbocycles. The van der Waals surface area contributed by atoms with Crippen LogP contribution >= 0.6 is 0 Å². The fourth-order valence-electron chi connectivity index (χ4n) is 3.36. The third kappa shape index (κ3) is 3.35. The summed E-state index contributed by atoms with van der Waals surface area (Å²) in [4.78, 5) is 25.2. The Balaban J connectivity index is 1.97. The van der Waals surface area contributed by atoms with Crippen molar-refractivity contribution in [3.8, 4) is 22.7 Å². The second-order valence-electron chi connectivity index (χ2n) is 6.85. The van der Waals surface area contributed by atoms with Gasteiger partial charge in [-0.25, -0.2) is 14.3 Å². The van der Waals surface area contributed by atoms with Crippen molar-refractivity contribution in [2.45, 2.75) is 18.8 Å². The minimum Gasteiger partial charge on any atom is -0.507 e. The van der Waals surface area contributed by atoms with Crippen LogP contribution in [0.25, 0.3) is 16.9 Å². The van der Waals surface area contributed by atoms with Crippen molar-refractivity contribution < 1.29 is 24.2 Å². The van der Waals surface area contributed by atoms with Gasteiger partial charge in [-0.3, -0.25) is 0 Å². The normalized spacial score (nSPS) is 13.2. The number of carbonyl (C=O) groups excluding carboxylic acids is 2. The van der Waals surface area contributed by atoms with Gasteiger partial charge in [-0.15, -0.1) is 0 Å². The van der Waals surface area contributed by atoms with E-state index in [0.717, 1.165) is 18.4 Å². The molecule has 0 amide bonds. The van der Waals surface area contributed by atoms with E-state index in [-0.39, 0.29) is 22.7 Å². The van der Waals surface area contributed by atoms with E-state index < -0.39 is 11.9 Å². The molecule has 1 N–H and O–H groups in total. The average Bonchev–Trinajstić information content (AvgIpc) is 3.53. The number of carbonyl (C=O) groups is 2. The van der Waals surface area contributed by atoms with Gasteiger partial charge in [-0.2, -0.15) is 5.10 Å². The largest absolute Gasteiger partial charge is 0.507 e. The van der Waals surface area contributed by atoms with E-state index in [2.05, 4.69) is 5.10 Å². The monoisotopic (exact) mass is 392 g/mol. The molecule has 0 atom stereocenters. The molecular weight excluding hydrogens is 372 g/mol. The molecule has 0 unspecified atom stereocenters. The summed E-state index contributed by atoms with van der Waals surface area (Å²) in [6, 6.07) is 14.2. The highest BCUT2D eigenvalue weighted by Crippen LogP contribution is 2.43. The summed E-state index contributed by atoms with van der Waals surface area (Å²) in [7, 11) is 2.45. The molecule has 0 spiro atoms.